The Morgan fingerprint density at radius 3 is 2.80 bits per heavy atom. The Balaban J connectivity index is 1.57. The molecular weight excluding hydrogens is 314 g/mol. The van der Waals surface area contributed by atoms with E-state index in [1.54, 1.807) is 6.26 Å². The summed E-state index contributed by atoms with van der Waals surface area (Å²) in [6, 6.07) is 5.75. The van der Waals surface area contributed by atoms with E-state index in [9.17, 15) is 4.79 Å². The number of rotatable bonds is 7. The van der Waals surface area contributed by atoms with Crippen LogP contribution in [0.3, 0.4) is 0 Å². The largest absolute Gasteiger partial charge is 0.467 e. The molecule has 1 fully saturated rings. The van der Waals surface area contributed by atoms with Gasteiger partial charge in [0.25, 0.3) is 0 Å². The van der Waals surface area contributed by atoms with Crippen LogP contribution in [0.4, 0.5) is 0 Å². The van der Waals surface area contributed by atoms with Crippen molar-refractivity contribution in [3.05, 3.63) is 41.6 Å². The molecule has 1 unspecified atom stereocenters. The third kappa shape index (κ3) is 4.74. The number of carbonyl (C=O) groups is 1. The van der Waals surface area contributed by atoms with Gasteiger partial charge in [-0.25, -0.2) is 0 Å². The quantitative estimate of drug-likeness (QED) is 0.821. The first kappa shape index (κ1) is 17.8. The zero-order chi connectivity index (χ0) is 17.6. The maximum atomic E-state index is 12.3. The average molecular weight is 343 g/mol. The van der Waals surface area contributed by atoms with Gasteiger partial charge in [-0.1, -0.05) is 32.1 Å². The standard InChI is InChI=1S/C20H29N3O2/c1-15-13-16(2)23(22-15)18(19-9-6-12-25-19)14-21-20(24)11-10-17-7-4-3-5-8-17/h6,9,12-13,17-18H,3-5,7-8,10-11,14H2,1-2H3,(H,21,24). The van der Waals surface area contributed by atoms with Crippen LogP contribution in [0.1, 0.15) is 68.1 Å². The smallest absolute Gasteiger partial charge is 0.220 e. The monoisotopic (exact) mass is 343 g/mol. The van der Waals surface area contributed by atoms with E-state index in [4.69, 9.17) is 4.42 Å². The van der Waals surface area contributed by atoms with E-state index in [0.717, 1.165) is 29.5 Å². The molecule has 1 N–H and O–H groups in total. The number of aromatic nitrogens is 2. The maximum absolute atomic E-state index is 12.3. The highest BCUT2D eigenvalue weighted by atomic mass is 16.3. The number of nitrogens with zero attached hydrogens (tertiary/aromatic N) is 2. The summed E-state index contributed by atoms with van der Waals surface area (Å²) in [4.78, 5) is 12.3. The number of furan rings is 1. The molecule has 5 nitrogen and oxygen atoms in total. The van der Waals surface area contributed by atoms with Crippen LogP contribution < -0.4 is 5.32 Å². The van der Waals surface area contributed by atoms with Crippen LogP contribution in [-0.4, -0.2) is 22.2 Å². The van der Waals surface area contributed by atoms with Crippen LogP contribution in [-0.2, 0) is 4.79 Å². The molecule has 25 heavy (non-hydrogen) atoms. The number of hydrogen-bond donors (Lipinski definition) is 1. The molecule has 136 valence electrons. The Hall–Kier alpha value is -2.04. The van der Waals surface area contributed by atoms with Crippen LogP contribution in [0.15, 0.2) is 28.9 Å². The molecule has 5 heteroatoms. The van der Waals surface area contributed by atoms with Gasteiger partial charge in [0.2, 0.25) is 5.91 Å². The highest BCUT2D eigenvalue weighted by Crippen LogP contribution is 2.27. The fourth-order valence-electron chi connectivity index (χ4n) is 3.86. The van der Waals surface area contributed by atoms with Crippen molar-refractivity contribution >= 4 is 5.91 Å². The molecule has 0 aromatic carbocycles. The molecule has 0 radical (unpaired) electrons. The van der Waals surface area contributed by atoms with E-state index >= 15 is 0 Å². The lowest BCUT2D eigenvalue weighted by Gasteiger charge is -2.21. The van der Waals surface area contributed by atoms with Crippen LogP contribution in [0.2, 0.25) is 0 Å². The molecule has 2 aromatic heterocycles. The predicted octanol–water partition coefficient (Wildman–Crippen LogP) is 4.16. The Morgan fingerprint density at radius 2 is 2.16 bits per heavy atom. The fourth-order valence-corrected chi connectivity index (χ4v) is 3.86. The van der Waals surface area contributed by atoms with Gasteiger partial charge in [-0.3, -0.25) is 9.48 Å². The molecule has 1 amide bonds. The topological polar surface area (TPSA) is 60.1 Å². The van der Waals surface area contributed by atoms with Crippen LogP contribution in [0, 0.1) is 19.8 Å². The third-order valence-corrected chi connectivity index (χ3v) is 5.21. The van der Waals surface area contributed by atoms with Gasteiger partial charge >= 0.3 is 0 Å². The van der Waals surface area contributed by atoms with E-state index in [0.29, 0.717) is 13.0 Å². The summed E-state index contributed by atoms with van der Waals surface area (Å²) in [5.74, 6) is 1.68. The summed E-state index contributed by atoms with van der Waals surface area (Å²) >= 11 is 0. The lowest BCUT2D eigenvalue weighted by molar-refractivity contribution is -0.121. The molecule has 2 heterocycles. The molecule has 0 saturated heterocycles. The molecule has 0 aliphatic heterocycles. The van der Waals surface area contributed by atoms with Crippen LogP contribution >= 0.6 is 0 Å². The number of amides is 1. The second-order valence-electron chi connectivity index (χ2n) is 7.25. The van der Waals surface area contributed by atoms with Crippen LogP contribution in [0.5, 0.6) is 0 Å². The molecule has 1 aliphatic rings. The van der Waals surface area contributed by atoms with Gasteiger partial charge in [0, 0.05) is 18.7 Å². The minimum Gasteiger partial charge on any atom is -0.467 e. The Labute approximate surface area is 149 Å². The molecule has 1 atom stereocenters. The second kappa shape index (κ2) is 8.37. The van der Waals surface area contributed by atoms with Crippen molar-refractivity contribution in [2.75, 3.05) is 6.54 Å². The molecule has 3 rings (SSSR count). The first-order valence-electron chi connectivity index (χ1n) is 9.46. The van der Waals surface area contributed by atoms with E-state index in [2.05, 4.69) is 10.4 Å². The SMILES string of the molecule is Cc1cc(C)n(C(CNC(=O)CCC2CCCCC2)c2ccco2)n1. The normalized spacial score (nSPS) is 16.7. The molecule has 1 aliphatic carbocycles. The lowest BCUT2D eigenvalue weighted by Crippen LogP contribution is -2.32. The minimum atomic E-state index is -0.109. The number of carbonyl (C=O) groups excluding carboxylic acids is 1. The second-order valence-corrected chi connectivity index (χ2v) is 7.25. The zero-order valence-corrected chi connectivity index (χ0v) is 15.3. The Morgan fingerprint density at radius 1 is 1.36 bits per heavy atom. The Kier molecular flexibility index (Phi) is 5.95. The maximum Gasteiger partial charge on any atom is 0.220 e. The molecule has 2 aromatic rings. The van der Waals surface area contributed by atoms with Gasteiger partial charge in [0.15, 0.2) is 0 Å². The van der Waals surface area contributed by atoms with Gasteiger partial charge < -0.3 is 9.73 Å². The van der Waals surface area contributed by atoms with Crippen molar-refractivity contribution in [1.29, 1.82) is 0 Å². The summed E-state index contributed by atoms with van der Waals surface area (Å²) in [6.07, 6.45) is 9.87. The fraction of sp³-hybridized carbons (Fsp3) is 0.600. The molecular formula is C20H29N3O2. The van der Waals surface area contributed by atoms with E-state index < -0.39 is 0 Å². The molecule has 0 spiro atoms. The molecule has 0 bridgehead atoms. The Bertz CT molecular complexity index is 669. The minimum absolute atomic E-state index is 0.109. The number of aryl methyl sites for hydroxylation is 2. The van der Waals surface area contributed by atoms with E-state index in [1.807, 2.05) is 36.7 Å². The van der Waals surface area contributed by atoms with E-state index in [-0.39, 0.29) is 11.9 Å². The summed E-state index contributed by atoms with van der Waals surface area (Å²) in [7, 11) is 0. The first-order chi connectivity index (χ1) is 12.1. The lowest BCUT2D eigenvalue weighted by atomic mass is 9.86. The van der Waals surface area contributed by atoms with E-state index in [1.165, 1.54) is 32.1 Å². The van der Waals surface area contributed by atoms with Gasteiger partial charge in [-0.05, 0) is 44.4 Å². The highest BCUT2D eigenvalue weighted by Gasteiger charge is 2.21. The van der Waals surface area contributed by atoms with Gasteiger partial charge in [0.1, 0.15) is 11.8 Å². The summed E-state index contributed by atoms with van der Waals surface area (Å²) in [5.41, 5.74) is 2.04. The van der Waals surface area contributed by atoms with Crippen molar-refractivity contribution in [1.82, 2.24) is 15.1 Å². The summed E-state index contributed by atoms with van der Waals surface area (Å²) in [6.45, 7) is 4.51. The highest BCUT2D eigenvalue weighted by molar-refractivity contribution is 5.75. The number of hydrogen-bond acceptors (Lipinski definition) is 3. The predicted molar refractivity (Wildman–Crippen MR) is 97.4 cm³/mol. The molecule has 1 saturated carbocycles. The zero-order valence-electron chi connectivity index (χ0n) is 15.3. The van der Waals surface area contributed by atoms with Crippen molar-refractivity contribution in [2.45, 2.75) is 64.8 Å². The van der Waals surface area contributed by atoms with Crippen molar-refractivity contribution in [3.63, 3.8) is 0 Å². The van der Waals surface area contributed by atoms with Crippen molar-refractivity contribution in [3.8, 4) is 0 Å². The van der Waals surface area contributed by atoms with Gasteiger partial charge in [-0.15, -0.1) is 0 Å². The number of nitrogens with one attached hydrogen (secondary N) is 1. The van der Waals surface area contributed by atoms with Crippen molar-refractivity contribution < 1.29 is 9.21 Å². The van der Waals surface area contributed by atoms with Gasteiger partial charge in [-0.2, -0.15) is 5.10 Å². The van der Waals surface area contributed by atoms with Crippen LogP contribution in [0.25, 0.3) is 0 Å². The summed E-state index contributed by atoms with van der Waals surface area (Å²) < 4.78 is 7.53. The summed E-state index contributed by atoms with van der Waals surface area (Å²) in [5, 5.41) is 7.66. The third-order valence-electron chi connectivity index (χ3n) is 5.21. The average Bonchev–Trinajstić information content (AvgIpc) is 3.25. The first-order valence-corrected chi connectivity index (χ1v) is 9.46. The van der Waals surface area contributed by atoms with Gasteiger partial charge in [0.05, 0.1) is 12.0 Å². The van der Waals surface area contributed by atoms with Crippen molar-refractivity contribution in [2.24, 2.45) is 5.92 Å².